The van der Waals surface area contributed by atoms with Crippen LogP contribution in [0.2, 0.25) is 0 Å². The summed E-state index contributed by atoms with van der Waals surface area (Å²) in [6.07, 6.45) is 3.59. The highest BCUT2D eigenvalue weighted by Crippen LogP contribution is 2.26. The van der Waals surface area contributed by atoms with Gasteiger partial charge in [0.05, 0.1) is 0 Å². The second-order valence-corrected chi connectivity index (χ2v) is 4.52. The minimum Gasteiger partial charge on any atom is -0.489 e. The van der Waals surface area contributed by atoms with E-state index in [0.29, 0.717) is 0 Å². The molecule has 1 aliphatic rings. The van der Waals surface area contributed by atoms with Gasteiger partial charge in [-0.15, -0.1) is 0 Å². The summed E-state index contributed by atoms with van der Waals surface area (Å²) in [4.78, 5) is 0. The maximum Gasteiger partial charge on any atom is 0.122 e. The van der Waals surface area contributed by atoms with Gasteiger partial charge in [0.2, 0.25) is 0 Å². The van der Waals surface area contributed by atoms with Crippen molar-refractivity contribution >= 4 is 0 Å². The van der Waals surface area contributed by atoms with Gasteiger partial charge in [-0.2, -0.15) is 0 Å². The lowest BCUT2D eigenvalue weighted by Gasteiger charge is -2.19. The molecule has 2 N–H and O–H groups in total. The van der Waals surface area contributed by atoms with E-state index in [2.05, 4.69) is 32.0 Å². The number of nitrogens with two attached hydrogens (primary N) is 1. The predicted molar refractivity (Wildman–Crippen MR) is 62.2 cm³/mol. The van der Waals surface area contributed by atoms with Crippen molar-refractivity contribution in [3.05, 3.63) is 29.3 Å². The van der Waals surface area contributed by atoms with Crippen LogP contribution in [0.15, 0.2) is 18.2 Å². The molecule has 2 nitrogen and oxygen atoms in total. The molecule has 0 amide bonds. The second-order valence-electron chi connectivity index (χ2n) is 4.52. The molecule has 1 aromatic rings. The summed E-state index contributed by atoms with van der Waals surface area (Å²) < 4.78 is 5.95. The molecule has 1 aliphatic carbocycles. The fourth-order valence-corrected chi connectivity index (χ4v) is 2.20. The quantitative estimate of drug-likeness (QED) is 0.805. The normalized spacial score (nSPS) is 25.5. The highest BCUT2D eigenvalue weighted by Gasteiger charge is 2.25. The molecule has 82 valence electrons. The van der Waals surface area contributed by atoms with Gasteiger partial charge in [-0.25, -0.2) is 0 Å². The number of benzene rings is 1. The van der Waals surface area contributed by atoms with Gasteiger partial charge in [0.25, 0.3) is 0 Å². The van der Waals surface area contributed by atoms with Crippen LogP contribution < -0.4 is 10.5 Å². The summed E-state index contributed by atoms with van der Waals surface area (Å²) in [5, 5.41) is 0. The number of hydrogen-bond donors (Lipinski definition) is 1. The van der Waals surface area contributed by atoms with Crippen LogP contribution in [0.1, 0.15) is 30.4 Å². The van der Waals surface area contributed by atoms with Gasteiger partial charge in [0.15, 0.2) is 0 Å². The molecule has 2 atom stereocenters. The average Bonchev–Trinajstić information content (AvgIpc) is 2.57. The van der Waals surface area contributed by atoms with Crippen LogP contribution in [-0.2, 0) is 0 Å². The first-order chi connectivity index (χ1) is 7.16. The van der Waals surface area contributed by atoms with Crippen LogP contribution in [0.4, 0.5) is 0 Å². The van der Waals surface area contributed by atoms with Crippen LogP contribution in [0.5, 0.6) is 5.75 Å². The molecular weight excluding hydrogens is 186 g/mol. The molecule has 2 rings (SSSR count). The third-order valence-corrected chi connectivity index (χ3v) is 3.11. The molecule has 2 unspecified atom stereocenters. The van der Waals surface area contributed by atoms with E-state index in [0.717, 1.165) is 18.6 Å². The molecule has 0 bridgehead atoms. The lowest BCUT2D eigenvalue weighted by atomic mass is 10.1. The van der Waals surface area contributed by atoms with E-state index in [1.54, 1.807) is 0 Å². The second kappa shape index (κ2) is 4.23. The Morgan fingerprint density at radius 1 is 1.27 bits per heavy atom. The van der Waals surface area contributed by atoms with Gasteiger partial charge in [-0.3, -0.25) is 0 Å². The minimum absolute atomic E-state index is 0.214. The molecular formula is C13H19NO. The molecule has 0 aliphatic heterocycles. The summed E-state index contributed by atoms with van der Waals surface area (Å²) in [5.41, 5.74) is 8.46. The van der Waals surface area contributed by atoms with Crippen LogP contribution in [0.25, 0.3) is 0 Å². The topological polar surface area (TPSA) is 35.2 Å². The molecule has 0 saturated heterocycles. The maximum atomic E-state index is 5.98. The van der Waals surface area contributed by atoms with E-state index in [-0.39, 0.29) is 12.1 Å². The Bertz CT molecular complexity index is 348. The van der Waals surface area contributed by atoms with Gasteiger partial charge < -0.3 is 10.5 Å². The molecule has 0 aromatic heterocycles. The van der Waals surface area contributed by atoms with E-state index in [4.69, 9.17) is 10.5 Å². The van der Waals surface area contributed by atoms with Crippen molar-refractivity contribution in [2.45, 2.75) is 45.3 Å². The van der Waals surface area contributed by atoms with E-state index < -0.39 is 0 Å². The Balaban J connectivity index is 2.10. The Labute approximate surface area is 91.4 Å². The highest BCUT2D eigenvalue weighted by molar-refractivity contribution is 5.35. The van der Waals surface area contributed by atoms with E-state index >= 15 is 0 Å². The molecule has 0 radical (unpaired) electrons. The Morgan fingerprint density at radius 3 is 2.67 bits per heavy atom. The zero-order valence-corrected chi connectivity index (χ0v) is 9.49. The Kier molecular flexibility index (Phi) is 2.96. The van der Waals surface area contributed by atoms with Crippen molar-refractivity contribution in [2.24, 2.45) is 5.73 Å². The Morgan fingerprint density at radius 2 is 2.07 bits per heavy atom. The predicted octanol–water partition coefficient (Wildman–Crippen LogP) is 2.56. The van der Waals surface area contributed by atoms with Crippen molar-refractivity contribution in [3.8, 4) is 5.75 Å². The third kappa shape index (κ3) is 2.32. The van der Waals surface area contributed by atoms with Gasteiger partial charge in [0, 0.05) is 6.04 Å². The SMILES string of the molecule is Cc1ccc(OC2CCCC2N)c(C)c1. The van der Waals surface area contributed by atoms with Gasteiger partial charge in [-0.1, -0.05) is 17.7 Å². The van der Waals surface area contributed by atoms with Gasteiger partial charge >= 0.3 is 0 Å². The molecule has 1 fully saturated rings. The molecule has 2 heteroatoms. The fraction of sp³-hybridized carbons (Fsp3) is 0.538. The maximum absolute atomic E-state index is 5.98. The monoisotopic (exact) mass is 205 g/mol. The van der Waals surface area contributed by atoms with Crippen molar-refractivity contribution in [1.82, 2.24) is 0 Å². The Hall–Kier alpha value is -1.02. The number of rotatable bonds is 2. The van der Waals surface area contributed by atoms with E-state index in [1.807, 2.05) is 0 Å². The average molecular weight is 205 g/mol. The summed E-state index contributed by atoms with van der Waals surface area (Å²) in [7, 11) is 0. The lowest BCUT2D eigenvalue weighted by molar-refractivity contribution is 0.190. The smallest absolute Gasteiger partial charge is 0.122 e. The molecule has 1 aromatic carbocycles. The first kappa shape index (κ1) is 10.5. The number of aryl methyl sites for hydroxylation is 2. The standard InChI is InChI=1S/C13H19NO/c1-9-6-7-12(10(2)8-9)15-13-5-3-4-11(13)14/h6-8,11,13H,3-5,14H2,1-2H3. The van der Waals surface area contributed by atoms with Crippen molar-refractivity contribution in [1.29, 1.82) is 0 Å². The number of hydrogen-bond acceptors (Lipinski definition) is 2. The zero-order valence-electron chi connectivity index (χ0n) is 9.49. The van der Waals surface area contributed by atoms with Crippen LogP contribution in [0, 0.1) is 13.8 Å². The number of ether oxygens (including phenoxy) is 1. The zero-order chi connectivity index (χ0) is 10.8. The first-order valence-electron chi connectivity index (χ1n) is 5.66. The van der Waals surface area contributed by atoms with E-state index in [9.17, 15) is 0 Å². The minimum atomic E-state index is 0.214. The molecule has 0 heterocycles. The van der Waals surface area contributed by atoms with Crippen molar-refractivity contribution < 1.29 is 4.74 Å². The van der Waals surface area contributed by atoms with Gasteiger partial charge in [0.1, 0.15) is 11.9 Å². The van der Waals surface area contributed by atoms with Gasteiger partial charge in [-0.05, 0) is 44.7 Å². The fourth-order valence-electron chi connectivity index (χ4n) is 2.20. The molecule has 15 heavy (non-hydrogen) atoms. The van der Waals surface area contributed by atoms with Crippen LogP contribution in [-0.4, -0.2) is 12.1 Å². The van der Waals surface area contributed by atoms with Crippen LogP contribution >= 0.6 is 0 Å². The summed E-state index contributed by atoms with van der Waals surface area (Å²) >= 11 is 0. The largest absolute Gasteiger partial charge is 0.489 e. The summed E-state index contributed by atoms with van der Waals surface area (Å²) in [6, 6.07) is 6.50. The van der Waals surface area contributed by atoms with E-state index in [1.165, 1.54) is 17.5 Å². The summed E-state index contributed by atoms with van der Waals surface area (Å²) in [6.45, 7) is 4.18. The molecule has 0 spiro atoms. The lowest BCUT2D eigenvalue weighted by Crippen LogP contribution is -2.33. The van der Waals surface area contributed by atoms with Crippen LogP contribution in [0.3, 0.4) is 0 Å². The van der Waals surface area contributed by atoms with Crippen molar-refractivity contribution in [3.63, 3.8) is 0 Å². The van der Waals surface area contributed by atoms with Crippen molar-refractivity contribution in [2.75, 3.05) is 0 Å². The third-order valence-electron chi connectivity index (χ3n) is 3.11. The molecule has 1 saturated carbocycles. The summed E-state index contributed by atoms with van der Waals surface area (Å²) in [5.74, 6) is 0.989. The highest BCUT2D eigenvalue weighted by atomic mass is 16.5. The first-order valence-corrected chi connectivity index (χ1v) is 5.66.